The molecule has 9 rings (SSSR count). The molecule has 45 heavy (non-hydrogen) atoms. The fraction of sp³-hybridized carbons (Fsp3) is 0. The SMILES string of the molecule is c1ccc(-c2ccc3cc4c(cc3c2)c2cc(-c3ccccc3)ccc2n4-c2nc(-c3ccccc3)c3ccccc3n2)cc1. The van der Waals surface area contributed by atoms with Crippen LogP contribution in [0.5, 0.6) is 0 Å². The van der Waals surface area contributed by atoms with Crippen molar-refractivity contribution in [2.75, 3.05) is 0 Å². The number of aromatic nitrogens is 3. The molecule has 0 saturated heterocycles. The molecule has 0 amide bonds. The van der Waals surface area contributed by atoms with Crippen molar-refractivity contribution in [3.63, 3.8) is 0 Å². The number of fused-ring (bicyclic) bond motifs is 5. The maximum absolute atomic E-state index is 5.28. The summed E-state index contributed by atoms with van der Waals surface area (Å²) in [6, 6.07) is 58.0. The molecule has 3 nitrogen and oxygen atoms in total. The number of hydrogen-bond donors (Lipinski definition) is 0. The van der Waals surface area contributed by atoms with E-state index in [1.54, 1.807) is 0 Å². The largest absolute Gasteiger partial charge is 0.278 e. The van der Waals surface area contributed by atoms with Crippen LogP contribution < -0.4 is 0 Å². The van der Waals surface area contributed by atoms with Crippen molar-refractivity contribution in [3.05, 3.63) is 164 Å². The molecule has 0 aliphatic heterocycles. The molecule has 0 atom stereocenters. The van der Waals surface area contributed by atoms with E-state index in [4.69, 9.17) is 9.97 Å². The Hall–Kier alpha value is -6.06. The van der Waals surface area contributed by atoms with E-state index in [1.807, 2.05) is 12.1 Å². The Balaban J connectivity index is 1.36. The number of benzene rings is 7. The molecular formula is C42H27N3. The molecule has 3 heteroatoms. The lowest BCUT2D eigenvalue weighted by Gasteiger charge is -2.12. The molecule has 0 aliphatic rings. The van der Waals surface area contributed by atoms with Crippen LogP contribution in [0.4, 0.5) is 0 Å². The van der Waals surface area contributed by atoms with Crippen molar-refractivity contribution < 1.29 is 0 Å². The van der Waals surface area contributed by atoms with Gasteiger partial charge in [-0.2, -0.15) is 0 Å². The van der Waals surface area contributed by atoms with E-state index in [9.17, 15) is 0 Å². The summed E-state index contributed by atoms with van der Waals surface area (Å²) in [5, 5.41) is 5.78. The lowest BCUT2D eigenvalue weighted by atomic mass is 9.99. The quantitative estimate of drug-likeness (QED) is 0.210. The molecule has 210 valence electrons. The first-order valence-corrected chi connectivity index (χ1v) is 15.3. The van der Waals surface area contributed by atoms with E-state index in [0.717, 1.165) is 33.2 Å². The van der Waals surface area contributed by atoms with Gasteiger partial charge in [0.2, 0.25) is 5.95 Å². The molecule has 2 heterocycles. The van der Waals surface area contributed by atoms with Crippen LogP contribution in [0, 0.1) is 0 Å². The molecule has 0 N–H and O–H groups in total. The highest BCUT2D eigenvalue weighted by atomic mass is 15.2. The van der Waals surface area contributed by atoms with Gasteiger partial charge < -0.3 is 0 Å². The van der Waals surface area contributed by atoms with Gasteiger partial charge in [-0.15, -0.1) is 0 Å². The van der Waals surface area contributed by atoms with Crippen LogP contribution in [0.2, 0.25) is 0 Å². The Kier molecular flexibility index (Phi) is 5.82. The minimum atomic E-state index is 0.667. The molecule has 0 aliphatic carbocycles. The molecular weight excluding hydrogens is 546 g/mol. The van der Waals surface area contributed by atoms with E-state index in [0.29, 0.717) is 5.95 Å². The Morgan fingerprint density at radius 1 is 0.356 bits per heavy atom. The molecule has 2 aromatic heterocycles. The van der Waals surface area contributed by atoms with E-state index < -0.39 is 0 Å². The highest BCUT2D eigenvalue weighted by Crippen LogP contribution is 2.38. The van der Waals surface area contributed by atoms with Gasteiger partial charge in [0, 0.05) is 21.7 Å². The van der Waals surface area contributed by atoms with Crippen LogP contribution in [0.25, 0.3) is 82.9 Å². The summed E-state index contributed by atoms with van der Waals surface area (Å²) in [5.41, 5.74) is 9.90. The molecule has 0 fully saturated rings. The molecule has 9 aromatic rings. The maximum Gasteiger partial charge on any atom is 0.235 e. The Bertz CT molecular complexity index is 2510. The third-order valence-corrected chi connectivity index (χ3v) is 8.78. The van der Waals surface area contributed by atoms with Crippen molar-refractivity contribution in [2.24, 2.45) is 0 Å². The van der Waals surface area contributed by atoms with Gasteiger partial charge in [-0.1, -0.05) is 127 Å². The van der Waals surface area contributed by atoms with Crippen molar-refractivity contribution >= 4 is 43.5 Å². The number of nitrogens with zero attached hydrogens (tertiary/aromatic N) is 3. The molecule has 0 saturated carbocycles. The van der Waals surface area contributed by atoms with Crippen LogP contribution in [-0.2, 0) is 0 Å². The summed E-state index contributed by atoms with van der Waals surface area (Å²) < 4.78 is 2.24. The highest BCUT2D eigenvalue weighted by molar-refractivity contribution is 6.14. The van der Waals surface area contributed by atoms with Gasteiger partial charge in [0.1, 0.15) is 0 Å². The van der Waals surface area contributed by atoms with Crippen LogP contribution in [0.3, 0.4) is 0 Å². The van der Waals surface area contributed by atoms with Crippen LogP contribution in [0.15, 0.2) is 164 Å². The predicted octanol–water partition coefficient (Wildman–Crippen LogP) is 10.9. The summed E-state index contributed by atoms with van der Waals surface area (Å²) in [4.78, 5) is 10.5. The number of para-hydroxylation sites is 1. The highest BCUT2D eigenvalue weighted by Gasteiger charge is 2.19. The van der Waals surface area contributed by atoms with E-state index in [2.05, 4.69) is 156 Å². The zero-order valence-electron chi connectivity index (χ0n) is 24.4. The second kappa shape index (κ2) is 10.3. The molecule has 0 spiro atoms. The molecule has 0 unspecified atom stereocenters. The summed E-state index contributed by atoms with van der Waals surface area (Å²) in [7, 11) is 0. The molecule has 7 aromatic carbocycles. The van der Waals surface area contributed by atoms with Crippen LogP contribution in [0.1, 0.15) is 0 Å². The zero-order chi connectivity index (χ0) is 29.7. The minimum Gasteiger partial charge on any atom is -0.278 e. The van der Waals surface area contributed by atoms with Gasteiger partial charge in [0.15, 0.2) is 0 Å². The number of hydrogen-bond acceptors (Lipinski definition) is 2. The van der Waals surface area contributed by atoms with Gasteiger partial charge in [0.05, 0.1) is 22.2 Å². The fourth-order valence-electron chi connectivity index (χ4n) is 6.58. The van der Waals surface area contributed by atoms with Crippen molar-refractivity contribution in [1.82, 2.24) is 14.5 Å². The van der Waals surface area contributed by atoms with Crippen molar-refractivity contribution in [1.29, 1.82) is 0 Å². The first-order valence-electron chi connectivity index (χ1n) is 15.3. The molecule has 0 bridgehead atoms. The van der Waals surface area contributed by atoms with Gasteiger partial charge in [-0.3, -0.25) is 4.57 Å². The van der Waals surface area contributed by atoms with E-state index in [-0.39, 0.29) is 0 Å². The predicted molar refractivity (Wildman–Crippen MR) is 188 cm³/mol. The van der Waals surface area contributed by atoms with Gasteiger partial charge in [0.25, 0.3) is 0 Å². The zero-order valence-corrected chi connectivity index (χ0v) is 24.4. The third kappa shape index (κ3) is 4.29. The van der Waals surface area contributed by atoms with Gasteiger partial charge >= 0.3 is 0 Å². The van der Waals surface area contributed by atoms with Crippen LogP contribution >= 0.6 is 0 Å². The summed E-state index contributed by atoms with van der Waals surface area (Å²) in [6.07, 6.45) is 0. The maximum atomic E-state index is 5.28. The van der Waals surface area contributed by atoms with Crippen molar-refractivity contribution in [2.45, 2.75) is 0 Å². The first-order chi connectivity index (χ1) is 22.3. The minimum absolute atomic E-state index is 0.667. The van der Waals surface area contributed by atoms with Crippen LogP contribution in [-0.4, -0.2) is 14.5 Å². The van der Waals surface area contributed by atoms with E-state index >= 15 is 0 Å². The summed E-state index contributed by atoms with van der Waals surface area (Å²) in [5.74, 6) is 0.667. The average molecular weight is 574 g/mol. The Labute approximate surface area is 260 Å². The second-order valence-electron chi connectivity index (χ2n) is 11.5. The smallest absolute Gasteiger partial charge is 0.235 e. The third-order valence-electron chi connectivity index (χ3n) is 8.78. The van der Waals surface area contributed by atoms with Gasteiger partial charge in [-0.25, -0.2) is 9.97 Å². The lowest BCUT2D eigenvalue weighted by molar-refractivity contribution is 1.01. The fourth-order valence-corrected chi connectivity index (χ4v) is 6.58. The Morgan fingerprint density at radius 3 is 1.69 bits per heavy atom. The molecule has 0 radical (unpaired) electrons. The summed E-state index contributed by atoms with van der Waals surface area (Å²) >= 11 is 0. The standard InChI is InChI=1S/C42H27N3/c1-4-12-28(13-5-1)31-20-21-33-27-40-37(26-34(33)24-31)36-25-32(29-14-6-2-7-15-29)22-23-39(36)45(40)42-43-38-19-11-10-18-35(38)41(44-42)30-16-8-3-9-17-30/h1-27H. The lowest BCUT2D eigenvalue weighted by Crippen LogP contribution is -2.03. The number of rotatable bonds is 4. The average Bonchev–Trinajstić information content (AvgIpc) is 3.43. The van der Waals surface area contributed by atoms with E-state index in [1.165, 1.54) is 43.8 Å². The topological polar surface area (TPSA) is 30.7 Å². The summed E-state index contributed by atoms with van der Waals surface area (Å²) in [6.45, 7) is 0. The Morgan fingerprint density at radius 2 is 0.956 bits per heavy atom. The normalized spacial score (nSPS) is 11.6. The van der Waals surface area contributed by atoms with Crippen molar-refractivity contribution in [3.8, 4) is 39.5 Å². The van der Waals surface area contributed by atoms with Gasteiger partial charge in [-0.05, 0) is 69.4 Å². The monoisotopic (exact) mass is 573 g/mol. The first kappa shape index (κ1) is 25.4. The second-order valence-corrected chi connectivity index (χ2v) is 11.5.